The van der Waals surface area contributed by atoms with E-state index >= 15 is 0 Å². The summed E-state index contributed by atoms with van der Waals surface area (Å²) in [6, 6.07) is 18.5. The molecule has 1 amide bonds. The van der Waals surface area contributed by atoms with Gasteiger partial charge in [0.2, 0.25) is 0 Å². The number of ether oxygens (including phenoxy) is 1. The van der Waals surface area contributed by atoms with E-state index in [2.05, 4.69) is 5.32 Å². The SMILES string of the molecule is COc1cc(/C=C(\C#N)C(=O)Nc2cccc(C)c2)cc(I)c1OS(=O)(=O)c1ccc(C)cc1. The smallest absolute Gasteiger partial charge is 0.339 e. The summed E-state index contributed by atoms with van der Waals surface area (Å²) in [5.74, 6) is -0.405. The van der Waals surface area contributed by atoms with Crippen LogP contribution in [0.2, 0.25) is 0 Å². The Morgan fingerprint density at radius 1 is 1.06 bits per heavy atom. The van der Waals surface area contributed by atoms with Gasteiger partial charge in [-0.3, -0.25) is 4.79 Å². The Hall–Kier alpha value is -3.36. The third-order valence-electron chi connectivity index (χ3n) is 4.71. The molecule has 0 aliphatic carbocycles. The monoisotopic (exact) mass is 588 g/mol. The molecule has 34 heavy (non-hydrogen) atoms. The highest BCUT2D eigenvalue weighted by Crippen LogP contribution is 2.36. The minimum atomic E-state index is -4.09. The maximum atomic E-state index is 12.7. The highest BCUT2D eigenvalue weighted by molar-refractivity contribution is 14.1. The molecule has 0 heterocycles. The van der Waals surface area contributed by atoms with Gasteiger partial charge in [0.15, 0.2) is 11.5 Å². The minimum Gasteiger partial charge on any atom is -0.493 e. The van der Waals surface area contributed by atoms with E-state index in [1.54, 1.807) is 36.4 Å². The average Bonchev–Trinajstić information content (AvgIpc) is 2.79. The Labute approximate surface area is 212 Å². The van der Waals surface area contributed by atoms with Gasteiger partial charge in [0.1, 0.15) is 16.5 Å². The van der Waals surface area contributed by atoms with Crippen molar-refractivity contribution in [3.63, 3.8) is 0 Å². The summed E-state index contributed by atoms with van der Waals surface area (Å²) >= 11 is 1.92. The Morgan fingerprint density at radius 3 is 2.38 bits per heavy atom. The van der Waals surface area contributed by atoms with E-state index < -0.39 is 16.0 Å². The van der Waals surface area contributed by atoms with E-state index in [1.165, 1.54) is 31.4 Å². The first-order chi connectivity index (χ1) is 16.1. The molecule has 0 aromatic heterocycles. The number of rotatable bonds is 7. The van der Waals surface area contributed by atoms with Crippen molar-refractivity contribution in [3.05, 3.63) is 86.5 Å². The van der Waals surface area contributed by atoms with E-state index in [1.807, 2.05) is 48.6 Å². The molecule has 3 aromatic carbocycles. The van der Waals surface area contributed by atoms with Gasteiger partial charge in [-0.05, 0) is 90.0 Å². The molecule has 9 heteroatoms. The molecule has 174 valence electrons. The Bertz CT molecular complexity index is 1410. The highest BCUT2D eigenvalue weighted by Gasteiger charge is 2.22. The van der Waals surface area contributed by atoms with Gasteiger partial charge in [0, 0.05) is 5.69 Å². The molecule has 1 N–H and O–H groups in total. The lowest BCUT2D eigenvalue weighted by Gasteiger charge is -2.14. The quantitative estimate of drug-likeness (QED) is 0.176. The van der Waals surface area contributed by atoms with Crippen LogP contribution in [0.1, 0.15) is 16.7 Å². The predicted octanol–water partition coefficient (Wildman–Crippen LogP) is 5.23. The van der Waals surface area contributed by atoms with Crippen LogP contribution in [0, 0.1) is 28.7 Å². The molecule has 7 nitrogen and oxygen atoms in total. The lowest BCUT2D eigenvalue weighted by atomic mass is 10.1. The lowest BCUT2D eigenvalue weighted by Crippen LogP contribution is -2.13. The summed E-state index contributed by atoms with van der Waals surface area (Å²) in [6.07, 6.45) is 1.40. The topological polar surface area (TPSA) is 105 Å². The zero-order valence-corrected chi connectivity index (χ0v) is 21.6. The Kier molecular flexibility index (Phi) is 7.96. The maximum absolute atomic E-state index is 12.7. The standard InChI is InChI=1S/C25H21IN2O5S/c1-16-7-9-21(10-8-16)34(30,31)33-24-22(26)13-18(14-23(24)32-3)12-19(15-27)25(29)28-20-6-4-5-17(2)11-20/h4-14H,1-3H3,(H,28,29)/b19-12+. The molecular formula is C25H21IN2O5S. The summed E-state index contributed by atoms with van der Waals surface area (Å²) in [7, 11) is -2.72. The molecule has 0 saturated carbocycles. The number of nitrogens with zero attached hydrogens (tertiary/aromatic N) is 1. The number of nitrogens with one attached hydrogen (secondary N) is 1. The highest BCUT2D eigenvalue weighted by atomic mass is 127. The van der Waals surface area contributed by atoms with Crippen molar-refractivity contribution >= 4 is 50.4 Å². The molecule has 0 saturated heterocycles. The first-order valence-electron chi connectivity index (χ1n) is 10.0. The molecular weight excluding hydrogens is 567 g/mol. The maximum Gasteiger partial charge on any atom is 0.339 e. The van der Waals surface area contributed by atoms with E-state index in [0.717, 1.165) is 11.1 Å². The van der Waals surface area contributed by atoms with Crippen LogP contribution < -0.4 is 14.2 Å². The van der Waals surface area contributed by atoms with Gasteiger partial charge in [-0.15, -0.1) is 0 Å². The van der Waals surface area contributed by atoms with Crippen LogP contribution in [0.4, 0.5) is 5.69 Å². The van der Waals surface area contributed by atoms with Crippen molar-refractivity contribution in [3.8, 4) is 17.6 Å². The molecule has 0 bridgehead atoms. The van der Waals surface area contributed by atoms with Gasteiger partial charge >= 0.3 is 10.1 Å². The van der Waals surface area contributed by atoms with Crippen molar-refractivity contribution in [1.82, 2.24) is 0 Å². The second-order valence-corrected chi connectivity index (χ2v) is 10.1. The van der Waals surface area contributed by atoms with Gasteiger partial charge in [-0.25, -0.2) is 0 Å². The number of amides is 1. The van der Waals surface area contributed by atoms with E-state index in [4.69, 9.17) is 8.92 Å². The van der Waals surface area contributed by atoms with Crippen LogP contribution in [-0.2, 0) is 14.9 Å². The fourth-order valence-electron chi connectivity index (χ4n) is 3.00. The Balaban J connectivity index is 1.91. The second-order valence-electron chi connectivity index (χ2n) is 7.38. The zero-order chi connectivity index (χ0) is 24.9. The molecule has 0 spiro atoms. The fourth-order valence-corrected chi connectivity index (χ4v) is 4.85. The van der Waals surface area contributed by atoms with Crippen molar-refractivity contribution < 1.29 is 22.1 Å². The van der Waals surface area contributed by atoms with Crippen LogP contribution in [0.5, 0.6) is 11.5 Å². The van der Waals surface area contributed by atoms with E-state index in [-0.39, 0.29) is 22.0 Å². The number of anilines is 1. The van der Waals surface area contributed by atoms with Crippen molar-refractivity contribution in [2.75, 3.05) is 12.4 Å². The summed E-state index contributed by atoms with van der Waals surface area (Å²) in [6.45, 7) is 3.75. The number of aryl methyl sites for hydroxylation is 2. The molecule has 0 unspecified atom stereocenters. The molecule has 0 atom stereocenters. The first-order valence-corrected chi connectivity index (χ1v) is 12.5. The number of methoxy groups -OCH3 is 1. The molecule has 0 radical (unpaired) electrons. The van der Waals surface area contributed by atoms with Gasteiger partial charge in [-0.1, -0.05) is 29.8 Å². The average molecular weight is 588 g/mol. The van der Waals surface area contributed by atoms with Crippen LogP contribution in [0.3, 0.4) is 0 Å². The number of carbonyl (C=O) groups excluding carboxylic acids is 1. The number of carbonyl (C=O) groups is 1. The third kappa shape index (κ3) is 6.15. The number of hydrogen-bond donors (Lipinski definition) is 1. The van der Waals surface area contributed by atoms with Crippen LogP contribution in [-0.4, -0.2) is 21.4 Å². The van der Waals surface area contributed by atoms with Crippen LogP contribution in [0.15, 0.2) is 71.1 Å². The number of halogens is 1. The molecule has 0 aliphatic rings. The predicted molar refractivity (Wildman–Crippen MR) is 138 cm³/mol. The van der Waals surface area contributed by atoms with Gasteiger partial charge in [0.05, 0.1) is 10.7 Å². The van der Waals surface area contributed by atoms with Gasteiger partial charge < -0.3 is 14.2 Å². The van der Waals surface area contributed by atoms with E-state index in [0.29, 0.717) is 14.8 Å². The third-order valence-corrected chi connectivity index (χ3v) is 6.74. The normalized spacial score (nSPS) is 11.4. The largest absolute Gasteiger partial charge is 0.493 e. The molecule has 0 fully saturated rings. The fraction of sp³-hybridized carbons (Fsp3) is 0.120. The Morgan fingerprint density at radius 2 is 1.76 bits per heavy atom. The first kappa shape index (κ1) is 25.3. The summed E-state index contributed by atoms with van der Waals surface area (Å²) in [5, 5.41) is 12.2. The van der Waals surface area contributed by atoms with Gasteiger partial charge in [0.25, 0.3) is 5.91 Å². The second kappa shape index (κ2) is 10.7. The minimum absolute atomic E-state index is 0.0134. The van der Waals surface area contributed by atoms with Crippen LogP contribution >= 0.6 is 22.6 Å². The summed E-state index contributed by atoms with van der Waals surface area (Å²) < 4.78 is 36.6. The molecule has 3 aromatic rings. The van der Waals surface area contributed by atoms with E-state index in [9.17, 15) is 18.5 Å². The summed E-state index contributed by atoms with van der Waals surface area (Å²) in [4.78, 5) is 12.6. The van der Waals surface area contributed by atoms with Crippen molar-refractivity contribution in [2.24, 2.45) is 0 Å². The van der Waals surface area contributed by atoms with Crippen LogP contribution in [0.25, 0.3) is 6.08 Å². The zero-order valence-electron chi connectivity index (χ0n) is 18.6. The van der Waals surface area contributed by atoms with Crippen molar-refractivity contribution in [2.45, 2.75) is 18.7 Å². The van der Waals surface area contributed by atoms with Gasteiger partial charge in [-0.2, -0.15) is 13.7 Å². The number of hydrogen-bond acceptors (Lipinski definition) is 6. The summed E-state index contributed by atoms with van der Waals surface area (Å²) in [5.41, 5.74) is 2.80. The molecule has 0 aliphatic heterocycles. The molecule has 3 rings (SSSR count). The number of benzene rings is 3. The van der Waals surface area contributed by atoms with Crippen molar-refractivity contribution in [1.29, 1.82) is 5.26 Å². The lowest BCUT2D eigenvalue weighted by molar-refractivity contribution is -0.112. The number of nitriles is 1.